The average Bonchev–Trinajstić information content (AvgIpc) is 3.11. The molecular weight excluding hydrogens is 286 g/mol. The number of pyridine rings is 1. The number of carbonyl (C=O) groups excluding carboxylic acids is 1. The standard InChI is InChI=1S/C15H19N3O2S/c16-12-10-3-6-17-7-11(10)21-13(12)14(20)18-8-15(9-19)4-1-2-5-15/h3,6-7,19H,1-2,4-5,8-9,16H2,(H,18,20). The summed E-state index contributed by atoms with van der Waals surface area (Å²) >= 11 is 1.36. The molecule has 0 spiro atoms. The fourth-order valence-electron chi connectivity index (χ4n) is 3.00. The number of amides is 1. The molecule has 1 fully saturated rings. The van der Waals surface area contributed by atoms with Gasteiger partial charge in [-0.25, -0.2) is 0 Å². The molecule has 1 amide bonds. The van der Waals surface area contributed by atoms with Gasteiger partial charge in [0.2, 0.25) is 0 Å². The van der Waals surface area contributed by atoms with Gasteiger partial charge in [-0.2, -0.15) is 0 Å². The minimum atomic E-state index is -0.159. The number of aromatic nitrogens is 1. The molecule has 0 aromatic carbocycles. The lowest BCUT2D eigenvalue weighted by atomic mass is 9.87. The number of carbonyl (C=O) groups is 1. The zero-order valence-corrected chi connectivity index (χ0v) is 12.6. The van der Waals surface area contributed by atoms with E-state index >= 15 is 0 Å². The Hall–Kier alpha value is -1.66. The van der Waals surface area contributed by atoms with E-state index < -0.39 is 0 Å². The van der Waals surface area contributed by atoms with Gasteiger partial charge in [0.25, 0.3) is 5.91 Å². The molecule has 3 rings (SSSR count). The molecule has 4 N–H and O–H groups in total. The van der Waals surface area contributed by atoms with Crippen LogP contribution in [0.2, 0.25) is 0 Å². The summed E-state index contributed by atoms with van der Waals surface area (Å²) < 4.78 is 0.915. The maximum absolute atomic E-state index is 12.4. The Morgan fingerprint density at radius 2 is 2.24 bits per heavy atom. The van der Waals surface area contributed by atoms with Crippen LogP contribution >= 0.6 is 11.3 Å². The summed E-state index contributed by atoms with van der Waals surface area (Å²) in [6.45, 7) is 0.632. The number of aliphatic hydroxyl groups excluding tert-OH is 1. The van der Waals surface area contributed by atoms with Crippen molar-refractivity contribution in [3.63, 3.8) is 0 Å². The first-order valence-electron chi connectivity index (χ1n) is 7.16. The first-order chi connectivity index (χ1) is 10.2. The van der Waals surface area contributed by atoms with Crippen LogP contribution in [0, 0.1) is 5.41 Å². The van der Waals surface area contributed by atoms with Crippen LogP contribution < -0.4 is 11.1 Å². The number of nitrogens with two attached hydrogens (primary N) is 1. The molecule has 2 aromatic heterocycles. The van der Waals surface area contributed by atoms with E-state index in [1.165, 1.54) is 11.3 Å². The Balaban J connectivity index is 1.76. The largest absolute Gasteiger partial charge is 0.397 e. The molecule has 1 saturated carbocycles. The Bertz CT molecular complexity index is 662. The monoisotopic (exact) mass is 305 g/mol. The van der Waals surface area contributed by atoms with E-state index in [-0.39, 0.29) is 17.9 Å². The molecule has 0 bridgehead atoms. The topological polar surface area (TPSA) is 88.2 Å². The van der Waals surface area contributed by atoms with Gasteiger partial charge in [0, 0.05) is 29.7 Å². The Kier molecular flexibility index (Phi) is 3.82. The summed E-state index contributed by atoms with van der Waals surface area (Å²) in [6, 6.07) is 1.82. The first kappa shape index (κ1) is 14.3. The zero-order chi connectivity index (χ0) is 14.9. The quantitative estimate of drug-likeness (QED) is 0.807. The van der Waals surface area contributed by atoms with Crippen LogP contribution in [0.3, 0.4) is 0 Å². The lowest BCUT2D eigenvalue weighted by molar-refractivity contribution is 0.0885. The number of aliphatic hydroxyl groups is 1. The van der Waals surface area contributed by atoms with Crippen molar-refractivity contribution in [1.82, 2.24) is 10.3 Å². The summed E-state index contributed by atoms with van der Waals surface area (Å²) in [5, 5.41) is 13.4. The molecule has 112 valence electrons. The van der Waals surface area contributed by atoms with E-state index in [1.54, 1.807) is 12.4 Å². The number of thiophene rings is 1. The van der Waals surface area contributed by atoms with Crippen LogP contribution in [-0.2, 0) is 0 Å². The van der Waals surface area contributed by atoms with Crippen LogP contribution in [0.25, 0.3) is 10.1 Å². The van der Waals surface area contributed by atoms with Gasteiger partial charge in [-0.1, -0.05) is 12.8 Å². The van der Waals surface area contributed by atoms with Gasteiger partial charge in [-0.05, 0) is 18.9 Å². The molecule has 0 aliphatic heterocycles. The second-order valence-electron chi connectivity index (χ2n) is 5.76. The highest BCUT2D eigenvalue weighted by atomic mass is 32.1. The van der Waals surface area contributed by atoms with Gasteiger partial charge in [0.1, 0.15) is 4.88 Å². The van der Waals surface area contributed by atoms with Crippen molar-refractivity contribution in [2.75, 3.05) is 18.9 Å². The fraction of sp³-hybridized carbons (Fsp3) is 0.467. The highest BCUT2D eigenvalue weighted by Gasteiger charge is 2.33. The maximum Gasteiger partial charge on any atom is 0.263 e. The van der Waals surface area contributed by atoms with Crippen LogP contribution in [0.1, 0.15) is 35.4 Å². The smallest absolute Gasteiger partial charge is 0.263 e. The normalized spacial score (nSPS) is 17.2. The van der Waals surface area contributed by atoms with Gasteiger partial charge < -0.3 is 16.2 Å². The van der Waals surface area contributed by atoms with Crippen molar-refractivity contribution >= 4 is 33.0 Å². The predicted molar refractivity (Wildman–Crippen MR) is 84.4 cm³/mol. The van der Waals surface area contributed by atoms with Crippen molar-refractivity contribution in [1.29, 1.82) is 0 Å². The Morgan fingerprint density at radius 3 is 2.90 bits per heavy atom. The number of anilines is 1. The fourth-order valence-corrected chi connectivity index (χ4v) is 4.01. The van der Waals surface area contributed by atoms with Crippen LogP contribution in [0.5, 0.6) is 0 Å². The minimum Gasteiger partial charge on any atom is -0.397 e. The number of fused-ring (bicyclic) bond motifs is 1. The molecule has 2 aromatic rings. The lowest BCUT2D eigenvalue weighted by Crippen LogP contribution is -2.38. The van der Waals surface area contributed by atoms with Gasteiger partial charge in [-0.15, -0.1) is 11.3 Å². The summed E-state index contributed by atoms with van der Waals surface area (Å²) in [4.78, 5) is 16.9. The van der Waals surface area contributed by atoms with Crippen molar-refractivity contribution in [3.8, 4) is 0 Å². The molecule has 5 nitrogen and oxygen atoms in total. The maximum atomic E-state index is 12.4. The van der Waals surface area contributed by atoms with E-state index in [0.717, 1.165) is 35.8 Å². The molecule has 0 atom stereocenters. The average molecular weight is 305 g/mol. The summed E-state index contributed by atoms with van der Waals surface area (Å²) in [7, 11) is 0. The first-order valence-corrected chi connectivity index (χ1v) is 7.98. The second-order valence-corrected chi connectivity index (χ2v) is 6.82. The van der Waals surface area contributed by atoms with Gasteiger partial charge in [0.15, 0.2) is 0 Å². The zero-order valence-electron chi connectivity index (χ0n) is 11.8. The summed E-state index contributed by atoms with van der Waals surface area (Å²) in [5.41, 5.74) is 6.42. The third kappa shape index (κ3) is 2.61. The molecule has 21 heavy (non-hydrogen) atoms. The molecule has 0 radical (unpaired) electrons. The van der Waals surface area contributed by atoms with Gasteiger partial charge in [0.05, 0.1) is 17.0 Å². The van der Waals surface area contributed by atoms with E-state index in [0.29, 0.717) is 17.1 Å². The van der Waals surface area contributed by atoms with Gasteiger partial charge >= 0.3 is 0 Å². The SMILES string of the molecule is Nc1c(C(=O)NCC2(CO)CCCC2)sc2cnccc12. The third-order valence-corrected chi connectivity index (χ3v) is 5.52. The summed E-state index contributed by atoms with van der Waals surface area (Å²) in [6.07, 6.45) is 7.57. The number of nitrogens with one attached hydrogen (secondary N) is 1. The van der Waals surface area contributed by atoms with Crippen molar-refractivity contribution in [2.24, 2.45) is 5.41 Å². The number of nitrogen functional groups attached to an aromatic ring is 1. The Morgan fingerprint density at radius 1 is 1.48 bits per heavy atom. The molecule has 2 heterocycles. The molecule has 1 aliphatic carbocycles. The van der Waals surface area contributed by atoms with Crippen molar-refractivity contribution < 1.29 is 9.90 Å². The molecule has 6 heteroatoms. The van der Waals surface area contributed by atoms with E-state index in [2.05, 4.69) is 10.3 Å². The second kappa shape index (κ2) is 5.61. The number of hydrogen-bond acceptors (Lipinski definition) is 5. The van der Waals surface area contributed by atoms with Crippen molar-refractivity contribution in [3.05, 3.63) is 23.3 Å². The van der Waals surface area contributed by atoms with Gasteiger partial charge in [-0.3, -0.25) is 9.78 Å². The molecule has 0 saturated heterocycles. The highest BCUT2D eigenvalue weighted by Crippen LogP contribution is 2.37. The number of rotatable bonds is 4. The van der Waals surface area contributed by atoms with Crippen molar-refractivity contribution in [2.45, 2.75) is 25.7 Å². The van der Waals surface area contributed by atoms with Crippen LogP contribution in [0.4, 0.5) is 5.69 Å². The Labute approximate surface area is 127 Å². The number of hydrogen-bond donors (Lipinski definition) is 3. The van der Waals surface area contributed by atoms with Crippen LogP contribution in [-0.4, -0.2) is 29.1 Å². The summed E-state index contributed by atoms with van der Waals surface area (Å²) in [5.74, 6) is -0.159. The molecule has 1 aliphatic rings. The lowest BCUT2D eigenvalue weighted by Gasteiger charge is -2.26. The number of nitrogens with zero attached hydrogens (tertiary/aromatic N) is 1. The third-order valence-electron chi connectivity index (χ3n) is 4.36. The van der Waals surface area contributed by atoms with E-state index in [9.17, 15) is 9.90 Å². The molecule has 0 unspecified atom stereocenters. The predicted octanol–water partition coefficient (Wildman–Crippen LogP) is 2.16. The van der Waals surface area contributed by atoms with E-state index in [1.807, 2.05) is 6.07 Å². The molecular formula is C15H19N3O2S. The van der Waals surface area contributed by atoms with Crippen LogP contribution in [0.15, 0.2) is 18.5 Å². The highest BCUT2D eigenvalue weighted by molar-refractivity contribution is 7.21. The van der Waals surface area contributed by atoms with E-state index in [4.69, 9.17) is 5.73 Å². The minimum absolute atomic E-state index is 0.124.